The minimum atomic E-state index is -3.82. The second-order valence-corrected chi connectivity index (χ2v) is 7.81. The molecule has 1 aliphatic rings. The molecule has 0 radical (unpaired) electrons. The summed E-state index contributed by atoms with van der Waals surface area (Å²) in [6, 6.07) is 3.74. The molecule has 0 bridgehead atoms. The van der Waals surface area contributed by atoms with E-state index in [1.807, 2.05) is 0 Å². The van der Waals surface area contributed by atoms with Gasteiger partial charge in [0.1, 0.15) is 6.04 Å². The molecule has 1 aromatic rings. The van der Waals surface area contributed by atoms with Gasteiger partial charge in [-0.2, -0.15) is 4.31 Å². The summed E-state index contributed by atoms with van der Waals surface area (Å²) in [7, 11) is -3.82. The molecule has 1 fully saturated rings. The van der Waals surface area contributed by atoms with Crippen molar-refractivity contribution in [2.24, 2.45) is 5.73 Å². The SMILES string of the molecule is NC(=O)C1COCCN1S(=O)(=O)c1ccc(Br)cc1Br. The van der Waals surface area contributed by atoms with Gasteiger partial charge >= 0.3 is 0 Å². The van der Waals surface area contributed by atoms with Crippen molar-refractivity contribution in [1.82, 2.24) is 4.31 Å². The molecule has 1 atom stereocenters. The number of carbonyl (C=O) groups excluding carboxylic acids is 1. The quantitative estimate of drug-likeness (QED) is 0.781. The largest absolute Gasteiger partial charge is 0.378 e. The summed E-state index contributed by atoms with van der Waals surface area (Å²) in [6.07, 6.45) is 0. The molecule has 1 aromatic carbocycles. The second-order valence-electron chi connectivity index (χ2n) is 4.18. The third-order valence-electron chi connectivity index (χ3n) is 2.89. The minimum absolute atomic E-state index is 0.0251. The Morgan fingerprint density at radius 2 is 2.10 bits per heavy atom. The van der Waals surface area contributed by atoms with E-state index in [1.165, 1.54) is 6.07 Å². The van der Waals surface area contributed by atoms with Crippen molar-refractivity contribution in [2.45, 2.75) is 10.9 Å². The number of morpholine rings is 1. The number of primary amides is 1. The number of benzene rings is 1. The number of nitrogens with two attached hydrogens (primary N) is 1. The highest BCUT2D eigenvalue weighted by Crippen LogP contribution is 2.29. The van der Waals surface area contributed by atoms with Gasteiger partial charge in [-0.05, 0) is 34.1 Å². The topological polar surface area (TPSA) is 89.7 Å². The summed E-state index contributed by atoms with van der Waals surface area (Å²) in [5, 5.41) is 0. The third kappa shape index (κ3) is 3.06. The van der Waals surface area contributed by atoms with Crippen molar-refractivity contribution in [2.75, 3.05) is 19.8 Å². The maximum absolute atomic E-state index is 12.7. The molecular weight excluding hydrogens is 416 g/mol. The molecule has 1 unspecified atom stereocenters. The molecule has 9 heteroatoms. The number of ether oxygens (including phenoxy) is 1. The number of halogens is 2. The first-order chi connectivity index (χ1) is 9.34. The molecule has 1 saturated heterocycles. The van der Waals surface area contributed by atoms with Gasteiger partial charge in [0.25, 0.3) is 0 Å². The van der Waals surface area contributed by atoms with Crippen molar-refractivity contribution in [3.8, 4) is 0 Å². The van der Waals surface area contributed by atoms with Crippen molar-refractivity contribution >= 4 is 47.8 Å². The van der Waals surface area contributed by atoms with Gasteiger partial charge in [0.15, 0.2) is 0 Å². The highest BCUT2D eigenvalue weighted by Gasteiger charge is 2.38. The first kappa shape index (κ1) is 15.9. The van der Waals surface area contributed by atoms with Crippen molar-refractivity contribution in [3.05, 3.63) is 27.1 Å². The molecule has 0 aliphatic carbocycles. The van der Waals surface area contributed by atoms with Gasteiger partial charge in [-0.25, -0.2) is 8.42 Å². The first-order valence-electron chi connectivity index (χ1n) is 5.68. The van der Waals surface area contributed by atoms with Crippen LogP contribution in [0.3, 0.4) is 0 Å². The molecule has 6 nitrogen and oxygen atoms in total. The van der Waals surface area contributed by atoms with Crippen molar-refractivity contribution < 1.29 is 17.9 Å². The van der Waals surface area contributed by atoms with E-state index in [2.05, 4.69) is 31.9 Å². The van der Waals surface area contributed by atoms with Crippen molar-refractivity contribution in [3.63, 3.8) is 0 Å². The van der Waals surface area contributed by atoms with Gasteiger partial charge in [-0.15, -0.1) is 0 Å². The van der Waals surface area contributed by atoms with E-state index >= 15 is 0 Å². The lowest BCUT2D eigenvalue weighted by Gasteiger charge is -2.32. The van der Waals surface area contributed by atoms with Crippen LogP contribution in [0.1, 0.15) is 0 Å². The van der Waals surface area contributed by atoms with Crippen LogP contribution in [-0.4, -0.2) is 44.4 Å². The molecule has 0 aromatic heterocycles. The standard InChI is InChI=1S/C11H12Br2N2O4S/c12-7-1-2-10(8(13)5-7)20(17,18)15-3-4-19-6-9(15)11(14)16/h1-2,5,9H,3-4,6H2,(H2,14,16). The van der Waals surface area contributed by atoms with Crippen LogP contribution in [0.5, 0.6) is 0 Å². The van der Waals surface area contributed by atoms with Crippen molar-refractivity contribution in [1.29, 1.82) is 0 Å². The fourth-order valence-corrected chi connectivity index (χ4v) is 5.18. The van der Waals surface area contributed by atoms with Gasteiger partial charge in [0.05, 0.1) is 18.1 Å². The van der Waals surface area contributed by atoms with E-state index in [9.17, 15) is 13.2 Å². The van der Waals surface area contributed by atoms with Crippen LogP contribution in [0.4, 0.5) is 0 Å². The van der Waals surface area contributed by atoms with Gasteiger partial charge in [-0.1, -0.05) is 15.9 Å². The summed E-state index contributed by atoms with van der Waals surface area (Å²) in [5.41, 5.74) is 5.25. The van der Waals surface area contributed by atoms with E-state index in [1.54, 1.807) is 12.1 Å². The monoisotopic (exact) mass is 426 g/mol. The fourth-order valence-electron chi connectivity index (χ4n) is 1.91. The molecule has 0 saturated carbocycles. The summed E-state index contributed by atoms with van der Waals surface area (Å²) < 4.78 is 32.7. The number of hydrogen-bond acceptors (Lipinski definition) is 4. The van der Waals surface area contributed by atoms with E-state index in [0.717, 1.165) is 8.78 Å². The van der Waals surface area contributed by atoms with Crippen LogP contribution in [0.25, 0.3) is 0 Å². The van der Waals surface area contributed by atoms with Crippen LogP contribution < -0.4 is 5.73 Å². The summed E-state index contributed by atoms with van der Waals surface area (Å²) in [6.45, 7) is 0.304. The number of rotatable bonds is 3. The second kappa shape index (κ2) is 6.10. The molecule has 1 aliphatic heterocycles. The van der Waals surface area contributed by atoms with Crippen LogP contribution in [0, 0.1) is 0 Å². The van der Waals surface area contributed by atoms with Crippen LogP contribution in [0.2, 0.25) is 0 Å². The van der Waals surface area contributed by atoms with E-state index in [-0.39, 0.29) is 24.7 Å². The number of carbonyl (C=O) groups is 1. The zero-order chi connectivity index (χ0) is 14.9. The Bertz CT molecular complexity index is 635. The lowest BCUT2D eigenvalue weighted by Crippen LogP contribution is -2.54. The summed E-state index contributed by atoms with van der Waals surface area (Å²) in [5.74, 6) is -0.721. The van der Waals surface area contributed by atoms with E-state index in [4.69, 9.17) is 10.5 Å². The lowest BCUT2D eigenvalue weighted by atomic mass is 10.3. The fraction of sp³-hybridized carbons (Fsp3) is 0.364. The van der Waals surface area contributed by atoms with Crippen LogP contribution >= 0.6 is 31.9 Å². The van der Waals surface area contributed by atoms with Gasteiger partial charge in [0, 0.05) is 15.5 Å². The Kier molecular flexibility index (Phi) is 4.85. The third-order valence-corrected chi connectivity index (χ3v) is 6.27. The first-order valence-corrected chi connectivity index (χ1v) is 8.70. The number of nitrogens with zero attached hydrogens (tertiary/aromatic N) is 1. The summed E-state index contributed by atoms with van der Waals surface area (Å²) >= 11 is 6.48. The Hall–Kier alpha value is -0.480. The maximum atomic E-state index is 12.7. The molecule has 1 heterocycles. The van der Waals surface area contributed by atoms with Gasteiger partial charge in [0.2, 0.25) is 15.9 Å². The predicted octanol–water partition coefficient (Wildman–Crippen LogP) is 1.09. The molecule has 1 amide bonds. The Morgan fingerprint density at radius 1 is 1.40 bits per heavy atom. The van der Waals surface area contributed by atoms with E-state index in [0.29, 0.717) is 4.47 Å². The van der Waals surface area contributed by atoms with Gasteiger partial charge in [-0.3, -0.25) is 4.79 Å². The molecule has 20 heavy (non-hydrogen) atoms. The Morgan fingerprint density at radius 3 is 2.70 bits per heavy atom. The van der Waals surface area contributed by atoms with Crippen LogP contribution in [-0.2, 0) is 19.6 Å². The smallest absolute Gasteiger partial charge is 0.245 e. The molecule has 110 valence electrons. The van der Waals surface area contributed by atoms with Crippen LogP contribution in [0.15, 0.2) is 32.0 Å². The molecule has 2 N–H and O–H groups in total. The number of hydrogen-bond donors (Lipinski definition) is 1. The molecular formula is C11H12Br2N2O4S. The Balaban J connectivity index is 2.45. The summed E-state index contributed by atoms with van der Waals surface area (Å²) in [4.78, 5) is 11.5. The minimum Gasteiger partial charge on any atom is -0.378 e. The lowest BCUT2D eigenvalue weighted by molar-refractivity contribution is -0.125. The zero-order valence-electron chi connectivity index (χ0n) is 10.3. The highest BCUT2D eigenvalue weighted by molar-refractivity contribution is 9.11. The normalized spacial score (nSPS) is 20.8. The highest BCUT2D eigenvalue weighted by atomic mass is 79.9. The molecule has 0 spiro atoms. The zero-order valence-corrected chi connectivity index (χ0v) is 14.2. The molecule has 2 rings (SSSR count). The number of sulfonamides is 1. The Labute approximate surface area is 133 Å². The number of amides is 1. The average molecular weight is 428 g/mol. The average Bonchev–Trinajstić information content (AvgIpc) is 2.38. The maximum Gasteiger partial charge on any atom is 0.245 e. The predicted molar refractivity (Wildman–Crippen MR) is 79.5 cm³/mol. The van der Waals surface area contributed by atoms with E-state index < -0.39 is 22.0 Å². The van der Waals surface area contributed by atoms with Gasteiger partial charge < -0.3 is 10.5 Å².